The monoisotopic (exact) mass is 532 g/mol. The van der Waals surface area contributed by atoms with Crippen LogP contribution in [0.4, 0.5) is 33.7 Å². The van der Waals surface area contributed by atoms with Gasteiger partial charge in [-0.15, -0.1) is 6.58 Å². The third-order valence-corrected chi connectivity index (χ3v) is 6.24. The number of hydrogen-bond donors (Lipinski definition) is 1. The van der Waals surface area contributed by atoms with Crippen LogP contribution in [0.15, 0.2) is 61.2 Å². The lowest BCUT2D eigenvalue weighted by Gasteiger charge is -2.43. The Morgan fingerprint density at radius 3 is 2.35 bits per heavy atom. The average molecular weight is 533 g/mol. The molecule has 3 aromatic rings. The quantitative estimate of drug-likeness (QED) is 0.309. The highest BCUT2D eigenvalue weighted by atomic mass is 35.5. The Morgan fingerprint density at radius 2 is 1.70 bits per heavy atom. The number of halogens is 5. The zero-order chi connectivity index (χ0) is 26.9. The Kier molecular flexibility index (Phi) is 7.40. The molecule has 0 atom stereocenters. The fourth-order valence-electron chi connectivity index (χ4n) is 3.99. The van der Waals surface area contributed by atoms with E-state index in [0.29, 0.717) is 17.8 Å². The number of hydrazine groups is 1. The molecule has 11 heteroatoms. The van der Waals surface area contributed by atoms with Crippen LogP contribution in [0.3, 0.4) is 0 Å². The summed E-state index contributed by atoms with van der Waals surface area (Å²) in [5.41, 5.74) is 0.476. The van der Waals surface area contributed by atoms with Crippen molar-refractivity contribution in [3.8, 4) is 0 Å². The van der Waals surface area contributed by atoms with Gasteiger partial charge in [0.05, 0.1) is 24.5 Å². The summed E-state index contributed by atoms with van der Waals surface area (Å²) in [4.78, 5) is 27.4. The minimum Gasteiger partial charge on any atom is -0.348 e. The van der Waals surface area contributed by atoms with Gasteiger partial charge in [-0.05, 0) is 30.3 Å². The fraction of sp³-hybridized carbons (Fsp3) is 0.154. The van der Waals surface area contributed by atoms with Crippen molar-refractivity contribution >= 4 is 34.9 Å². The first-order valence-corrected chi connectivity index (χ1v) is 11.4. The van der Waals surface area contributed by atoms with Crippen LogP contribution in [0.25, 0.3) is 0 Å². The summed E-state index contributed by atoms with van der Waals surface area (Å²) in [6.07, 6.45) is 1.59. The van der Waals surface area contributed by atoms with E-state index in [-0.39, 0.29) is 34.9 Å². The summed E-state index contributed by atoms with van der Waals surface area (Å²) in [5.74, 6) is -4.64. The predicted molar refractivity (Wildman–Crippen MR) is 132 cm³/mol. The number of rotatable bonds is 7. The molecule has 0 spiro atoms. The van der Waals surface area contributed by atoms with Gasteiger partial charge >= 0.3 is 6.03 Å². The van der Waals surface area contributed by atoms with Crippen LogP contribution in [0.1, 0.15) is 21.5 Å². The van der Waals surface area contributed by atoms with Gasteiger partial charge in [0, 0.05) is 47.4 Å². The standard InChI is InChI=1S/C26H21ClF4N4O2/c1-3-9-35-23-8-7-15(25(36)32-13-17-21(30)11-16(28)12-22(17)31)10-24(23)34(26(37)33(35)2)14-18-19(27)5-4-6-20(18)29/h3-8,10-12H,1,9,13-14H2,2H3,(H,32,36). The van der Waals surface area contributed by atoms with Crippen molar-refractivity contribution in [1.29, 1.82) is 0 Å². The van der Waals surface area contributed by atoms with E-state index in [0.717, 1.165) is 0 Å². The van der Waals surface area contributed by atoms with E-state index >= 15 is 0 Å². The molecular weight excluding hydrogens is 512 g/mol. The van der Waals surface area contributed by atoms with Gasteiger partial charge in [-0.2, -0.15) is 0 Å². The second-order valence-corrected chi connectivity index (χ2v) is 8.60. The van der Waals surface area contributed by atoms with Crippen LogP contribution in [-0.4, -0.2) is 30.5 Å². The molecule has 0 fully saturated rings. The number of amides is 3. The number of benzene rings is 3. The Morgan fingerprint density at radius 1 is 1.00 bits per heavy atom. The maximum absolute atomic E-state index is 14.6. The van der Waals surface area contributed by atoms with E-state index in [4.69, 9.17) is 11.6 Å². The van der Waals surface area contributed by atoms with E-state index < -0.39 is 47.3 Å². The highest BCUT2D eigenvalue weighted by molar-refractivity contribution is 6.31. The van der Waals surface area contributed by atoms with Crippen LogP contribution >= 0.6 is 11.6 Å². The highest BCUT2D eigenvalue weighted by Gasteiger charge is 2.34. The van der Waals surface area contributed by atoms with E-state index in [2.05, 4.69) is 11.9 Å². The number of fused-ring (bicyclic) bond motifs is 1. The summed E-state index contributed by atoms with van der Waals surface area (Å²) < 4.78 is 55.7. The average Bonchev–Trinajstić information content (AvgIpc) is 2.85. The summed E-state index contributed by atoms with van der Waals surface area (Å²) in [6, 6.07) is 9.17. The molecule has 3 amide bonds. The first kappa shape index (κ1) is 26.0. The first-order chi connectivity index (χ1) is 17.6. The lowest BCUT2D eigenvalue weighted by Crippen LogP contribution is -2.54. The number of carbonyl (C=O) groups is 2. The van der Waals surface area contributed by atoms with Gasteiger partial charge in [0.2, 0.25) is 0 Å². The normalized spacial score (nSPS) is 13.0. The molecule has 0 saturated carbocycles. The number of nitrogens with zero attached hydrogens (tertiary/aromatic N) is 3. The van der Waals surface area contributed by atoms with Gasteiger partial charge in [-0.25, -0.2) is 27.4 Å². The van der Waals surface area contributed by atoms with Crippen molar-refractivity contribution in [2.75, 3.05) is 23.5 Å². The molecule has 192 valence electrons. The fourth-order valence-corrected chi connectivity index (χ4v) is 4.21. The van der Waals surface area contributed by atoms with Crippen molar-refractivity contribution in [2.24, 2.45) is 0 Å². The Hall–Kier alpha value is -4.05. The molecule has 1 heterocycles. The molecule has 0 unspecified atom stereocenters. The smallest absolute Gasteiger partial charge is 0.343 e. The largest absolute Gasteiger partial charge is 0.348 e. The van der Waals surface area contributed by atoms with Crippen LogP contribution in [-0.2, 0) is 13.1 Å². The molecule has 37 heavy (non-hydrogen) atoms. The second kappa shape index (κ2) is 10.5. The van der Waals surface area contributed by atoms with Gasteiger partial charge < -0.3 is 5.32 Å². The van der Waals surface area contributed by atoms with Gasteiger partial charge in [0.1, 0.15) is 23.3 Å². The lowest BCUT2D eigenvalue weighted by atomic mass is 10.1. The topological polar surface area (TPSA) is 55.9 Å². The van der Waals surface area contributed by atoms with E-state index in [1.807, 2.05) is 0 Å². The maximum Gasteiger partial charge on any atom is 0.343 e. The van der Waals surface area contributed by atoms with E-state index in [9.17, 15) is 27.2 Å². The molecule has 0 saturated heterocycles. The van der Waals surface area contributed by atoms with Crippen molar-refractivity contribution in [2.45, 2.75) is 13.1 Å². The Labute approximate surface area is 215 Å². The minimum atomic E-state index is -1.13. The van der Waals surface area contributed by atoms with Crippen molar-refractivity contribution in [1.82, 2.24) is 10.3 Å². The minimum absolute atomic E-state index is 0.0715. The Bertz CT molecular complexity index is 1360. The van der Waals surface area contributed by atoms with E-state index in [1.54, 1.807) is 17.2 Å². The molecule has 0 aromatic heterocycles. The summed E-state index contributed by atoms with van der Waals surface area (Å²) in [7, 11) is 1.54. The first-order valence-electron chi connectivity index (χ1n) is 11.0. The van der Waals surface area contributed by atoms with Crippen molar-refractivity contribution in [3.63, 3.8) is 0 Å². The number of urea groups is 1. The molecule has 0 aliphatic carbocycles. The molecule has 1 N–H and O–H groups in total. The molecule has 1 aliphatic rings. The van der Waals surface area contributed by atoms with Crippen molar-refractivity contribution in [3.05, 3.63) is 106 Å². The SMILES string of the molecule is C=CCN1c2ccc(C(=O)NCc3c(F)cc(F)cc3F)cc2N(Cc2c(F)cccc2Cl)C(=O)N1C. The third-order valence-electron chi connectivity index (χ3n) is 5.89. The van der Waals surface area contributed by atoms with Crippen LogP contribution in [0.2, 0.25) is 5.02 Å². The number of carbonyl (C=O) groups excluding carboxylic acids is 2. The molecule has 6 nitrogen and oxygen atoms in total. The molecule has 4 rings (SSSR count). The van der Waals surface area contributed by atoms with Gasteiger partial charge in [-0.1, -0.05) is 23.7 Å². The van der Waals surface area contributed by atoms with Crippen LogP contribution in [0.5, 0.6) is 0 Å². The molecule has 3 aromatic carbocycles. The Balaban J connectivity index is 1.69. The zero-order valence-electron chi connectivity index (χ0n) is 19.6. The number of nitrogens with one attached hydrogen (secondary N) is 1. The van der Waals surface area contributed by atoms with Crippen molar-refractivity contribution < 1.29 is 27.2 Å². The van der Waals surface area contributed by atoms with Crippen LogP contribution < -0.4 is 15.2 Å². The second-order valence-electron chi connectivity index (χ2n) is 8.20. The number of hydrogen-bond acceptors (Lipinski definition) is 3. The molecule has 0 radical (unpaired) electrons. The molecule has 0 bridgehead atoms. The molecule has 1 aliphatic heterocycles. The maximum atomic E-state index is 14.6. The third kappa shape index (κ3) is 5.10. The van der Waals surface area contributed by atoms with E-state index in [1.165, 1.54) is 47.3 Å². The highest BCUT2D eigenvalue weighted by Crippen LogP contribution is 2.38. The number of anilines is 2. The predicted octanol–water partition coefficient (Wildman–Crippen LogP) is 5.81. The van der Waals surface area contributed by atoms with Gasteiger partial charge in [0.25, 0.3) is 5.91 Å². The van der Waals surface area contributed by atoms with Crippen LogP contribution in [0, 0.1) is 23.3 Å². The molecular formula is C26H21ClF4N4O2. The summed E-state index contributed by atoms with van der Waals surface area (Å²) >= 11 is 6.19. The zero-order valence-corrected chi connectivity index (χ0v) is 20.3. The summed E-state index contributed by atoms with van der Waals surface area (Å²) in [6.45, 7) is 3.21. The summed E-state index contributed by atoms with van der Waals surface area (Å²) in [5, 5.41) is 5.48. The van der Waals surface area contributed by atoms with Gasteiger partial charge in [-0.3, -0.25) is 14.7 Å². The van der Waals surface area contributed by atoms with Gasteiger partial charge in [0.15, 0.2) is 0 Å². The lowest BCUT2D eigenvalue weighted by molar-refractivity contribution is 0.0950.